The smallest absolute Gasteiger partial charge is 0.325 e. The fourth-order valence-electron chi connectivity index (χ4n) is 2.69. The van der Waals surface area contributed by atoms with Gasteiger partial charge in [0.25, 0.3) is 5.91 Å². The number of hydrogen-bond donors (Lipinski definition) is 2. The first-order valence-corrected chi connectivity index (χ1v) is 6.96. The second-order valence-electron chi connectivity index (χ2n) is 6.02. The molecule has 2 aliphatic heterocycles. The number of amides is 3. The van der Waals surface area contributed by atoms with E-state index in [0.717, 1.165) is 6.54 Å². The lowest BCUT2D eigenvalue weighted by molar-refractivity contribution is -0.130. The van der Waals surface area contributed by atoms with Crippen LogP contribution in [0.25, 0.3) is 0 Å². The van der Waals surface area contributed by atoms with E-state index >= 15 is 0 Å². The van der Waals surface area contributed by atoms with Gasteiger partial charge in [0, 0.05) is 26.2 Å². The zero-order valence-electron chi connectivity index (χ0n) is 12.3. The summed E-state index contributed by atoms with van der Waals surface area (Å²) in [5, 5.41) is 11.8. The molecule has 2 N–H and O–H groups in total. The minimum absolute atomic E-state index is 0.0169. The van der Waals surface area contributed by atoms with Crippen LogP contribution in [-0.2, 0) is 9.53 Å². The first-order chi connectivity index (χ1) is 9.33. The number of carbonyl (C=O) groups is 2. The minimum atomic E-state index is -0.816. The predicted octanol–water partition coefficient (Wildman–Crippen LogP) is -0.602. The van der Waals surface area contributed by atoms with Crippen LogP contribution in [0.15, 0.2) is 0 Å². The van der Waals surface area contributed by atoms with Crippen molar-refractivity contribution in [2.75, 3.05) is 32.8 Å². The van der Waals surface area contributed by atoms with Crippen molar-refractivity contribution in [2.45, 2.75) is 38.5 Å². The number of nitrogens with one attached hydrogen (secondary N) is 1. The molecule has 3 amide bonds. The van der Waals surface area contributed by atoms with Gasteiger partial charge in [0.05, 0.1) is 18.8 Å². The SMILES string of the molecule is CC1CN(CCN2C(=O)NC(C)(C)C2=O)CC(CO)O1. The Labute approximate surface area is 118 Å². The number of nitrogens with zero attached hydrogens (tertiary/aromatic N) is 2. The van der Waals surface area contributed by atoms with Gasteiger partial charge in [-0.05, 0) is 20.8 Å². The van der Waals surface area contributed by atoms with E-state index in [1.165, 1.54) is 4.90 Å². The fourth-order valence-corrected chi connectivity index (χ4v) is 2.69. The van der Waals surface area contributed by atoms with E-state index in [0.29, 0.717) is 19.6 Å². The molecule has 0 saturated carbocycles. The number of carbonyl (C=O) groups excluding carboxylic acids is 2. The zero-order valence-corrected chi connectivity index (χ0v) is 12.3. The van der Waals surface area contributed by atoms with Crippen molar-refractivity contribution in [1.82, 2.24) is 15.1 Å². The molecule has 20 heavy (non-hydrogen) atoms. The van der Waals surface area contributed by atoms with Gasteiger partial charge in [0.2, 0.25) is 0 Å². The molecular formula is C13H23N3O4. The first kappa shape index (κ1) is 15.2. The largest absolute Gasteiger partial charge is 0.394 e. The molecule has 2 fully saturated rings. The van der Waals surface area contributed by atoms with Crippen LogP contribution in [0.2, 0.25) is 0 Å². The molecule has 7 heteroatoms. The Morgan fingerprint density at radius 3 is 2.60 bits per heavy atom. The lowest BCUT2D eigenvalue weighted by atomic mass is 10.1. The van der Waals surface area contributed by atoms with E-state index in [2.05, 4.69) is 10.2 Å². The third kappa shape index (κ3) is 3.11. The number of imide groups is 1. The Hall–Kier alpha value is -1.18. The highest BCUT2D eigenvalue weighted by Gasteiger charge is 2.44. The van der Waals surface area contributed by atoms with Crippen molar-refractivity contribution < 1.29 is 19.4 Å². The van der Waals surface area contributed by atoms with Crippen molar-refractivity contribution in [3.63, 3.8) is 0 Å². The highest BCUT2D eigenvalue weighted by atomic mass is 16.5. The number of hydrogen-bond acceptors (Lipinski definition) is 5. The van der Waals surface area contributed by atoms with Gasteiger partial charge in [-0.1, -0.05) is 0 Å². The second kappa shape index (κ2) is 5.67. The highest BCUT2D eigenvalue weighted by Crippen LogP contribution is 2.17. The minimum Gasteiger partial charge on any atom is -0.394 e. The van der Waals surface area contributed by atoms with Gasteiger partial charge in [0.1, 0.15) is 5.54 Å². The summed E-state index contributed by atoms with van der Waals surface area (Å²) in [5.74, 6) is -0.192. The van der Waals surface area contributed by atoms with Gasteiger partial charge in [-0.25, -0.2) is 4.79 Å². The number of urea groups is 1. The number of aliphatic hydroxyl groups excluding tert-OH is 1. The standard InChI is InChI=1S/C13H23N3O4/c1-9-6-15(7-10(8-17)20-9)4-5-16-11(18)13(2,3)14-12(16)19/h9-10,17H,4-8H2,1-3H3,(H,14,19). The van der Waals surface area contributed by atoms with Crippen molar-refractivity contribution in [2.24, 2.45) is 0 Å². The molecule has 0 aliphatic carbocycles. The summed E-state index contributed by atoms with van der Waals surface area (Å²) in [4.78, 5) is 27.2. The molecule has 114 valence electrons. The molecular weight excluding hydrogens is 262 g/mol. The molecule has 2 aliphatic rings. The monoisotopic (exact) mass is 285 g/mol. The van der Waals surface area contributed by atoms with Crippen molar-refractivity contribution in [3.8, 4) is 0 Å². The van der Waals surface area contributed by atoms with E-state index in [1.54, 1.807) is 13.8 Å². The molecule has 2 unspecified atom stereocenters. The highest BCUT2D eigenvalue weighted by molar-refractivity contribution is 6.06. The van der Waals surface area contributed by atoms with Gasteiger partial charge in [0.15, 0.2) is 0 Å². The quantitative estimate of drug-likeness (QED) is 0.674. The van der Waals surface area contributed by atoms with E-state index < -0.39 is 5.54 Å². The molecule has 0 aromatic carbocycles. The van der Waals surface area contributed by atoms with Gasteiger partial charge >= 0.3 is 6.03 Å². The van der Waals surface area contributed by atoms with Crippen LogP contribution in [0.1, 0.15) is 20.8 Å². The Bertz CT molecular complexity index is 399. The van der Waals surface area contributed by atoms with Crippen molar-refractivity contribution in [1.29, 1.82) is 0 Å². The van der Waals surface area contributed by atoms with Crippen LogP contribution in [0.3, 0.4) is 0 Å². The van der Waals surface area contributed by atoms with Gasteiger partial charge < -0.3 is 15.2 Å². The average Bonchev–Trinajstić information content (AvgIpc) is 2.56. The average molecular weight is 285 g/mol. The molecule has 2 atom stereocenters. The van der Waals surface area contributed by atoms with Gasteiger partial charge in [-0.2, -0.15) is 0 Å². The number of ether oxygens (including phenoxy) is 1. The van der Waals surface area contributed by atoms with E-state index in [-0.39, 0.29) is 30.8 Å². The Morgan fingerprint density at radius 2 is 2.05 bits per heavy atom. The van der Waals surface area contributed by atoms with Crippen molar-refractivity contribution >= 4 is 11.9 Å². The molecule has 2 rings (SSSR count). The van der Waals surface area contributed by atoms with E-state index in [4.69, 9.17) is 4.74 Å². The van der Waals surface area contributed by atoms with Gasteiger partial charge in [-0.15, -0.1) is 0 Å². The van der Waals surface area contributed by atoms with Crippen molar-refractivity contribution in [3.05, 3.63) is 0 Å². The molecule has 7 nitrogen and oxygen atoms in total. The van der Waals surface area contributed by atoms with E-state index in [9.17, 15) is 14.7 Å². The topological polar surface area (TPSA) is 82.1 Å². The maximum Gasteiger partial charge on any atom is 0.325 e. The van der Waals surface area contributed by atoms with Crippen LogP contribution >= 0.6 is 0 Å². The molecule has 2 saturated heterocycles. The fraction of sp³-hybridized carbons (Fsp3) is 0.846. The third-order valence-electron chi connectivity index (χ3n) is 3.69. The summed E-state index contributed by atoms with van der Waals surface area (Å²) >= 11 is 0. The van der Waals surface area contributed by atoms with Crippen LogP contribution in [-0.4, -0.2) is 77.4 Å². The summed E-state index contributed by atoms with van der Waals surface area (Å²) in [6, 6.07) is -0.333. The predicted molar refractivity (Wildman–Crippen MR) is 72.2 cm³/mol. The molecule has 0 aromatic rings. The summed E-state index contributed by atoms with van der Waals surface area (Å²) in [5.41, 5.74) is -0.816. The lowest BCUT2D eigenvalue weighted by Gasteiger charge is -2.36. The molecule has 0 radical (unpaired) electrons. The summed E-state index contributed by atoms with van der Waals surface area (Å²) in [6.07, 6.45) is -0.154. The second-order valence-corrected chi connectivity index (χ2v) is 6.02. The maximum absolute atomic E-state index is 12.1. The lowest BCUT2D eigenvalue weighted by Crippen LogP contribution is -2.50. The zero-order chi connectivity index (χ0) is 14.9. The van der Waals surface area contributed by atoms with Crippen LogP contribution in [0, 0.1) is 0 Å². The summed E-state index contributed by atoms with van der Waals surface area (Å²) in [7, 11) is 0. The summed E-state index contributed by atoms with van der Waals surface area (Å²) < 4.78 is 5.56. The first-order valence-electron chi connectivity index (χ1n) is 6.96. The Kier molecular flexibility index (Phi) is 4.31. The van der Waals surface area contributed by atoms with Crippen LogP contribution in [0.4, 0.5) is 4.79 Å². The van der Waals surface area contributed by atoms with Crippen LogP contribution < -0.4 is 5.32 Å². The van der Waals surface area contributed by atoms with Crippen LogP contribution in [0.5, 0.6) is 0 Å². The third-order valence-corrected chi connectivity index (χ3v) is 3.69. The molecule has 0 bridgehead atoms. The summed E-state index contributed by atoms with van der Waals surface area (Å²) in [6.45, 7) is 7.65. The molecule has 0 spiro atoms. The number of aliphatic hydroxyl groups is 1. The number of morpholine rings is 1. The Balaban J connectivity index is 1.89. The normalized spacial score (nSPS) is 30.7. The number of rotatable bonds is 4. The molecule has 0 aromatic heterocycles. The Morgan fingerprint density at radius 1 is 1.35 bits per heavy atom. The molecule has 2 heterocycles. The van der Waals surface area contributed by atoms with Gasteiger partial charge in [-0.3, -0.25) is 14.6 Å². The maximum atomic E-state index is 12.1. The van der Waals surface area contributed by atoms with E-state index in [1.807, 2.05) is 6.92 Å².